The number of benzene rings is 1. The molecule has 3 heteroatoms. The summed E-state index contributed by atoms with van der Waals surface area (Å²) in [5, 5.41) is 6.35. The van der Waals surface area contributed by atoms with E-state index in [4.69, 9.17) is 0 Å². The molecule has 0 aliphatic rings. The topological polar surface area (TPSA) is 41.1 Å². The fraction of sp³-hybridized carbons (Fsp3) is 0.562. The highest BCUT2D eigenvalue weighted by Crippen LogP contribution is 2.13. The quantitative estimate of drug-likeness (QED) is 0.742. The number of hydrogen-bond donors (Lipinski definition) is 2. The van der Waals surface area contributed by atoms with Crippen LogP contribution < -0.4 is 10.6 Å². The summed E-state index contributed by atoms with van der Waals surface area (Å²) >= 11 is 0. The third-order valence-corrected chi connectivity index (χ3v) is 3.09. The lowest BCUT2D eigenvalue weighted by molar-refractivity contribution is -0.121. The molecule has 1 atom stereocenters. The molecule has 0 aliphatic carbocycles. The number of nitrogens with one attached hydrogen (secondary N) is 2. The van der Waals surface area contributed by atoms with Crippen LogP contribution in [0.25, 0.3) is 0 Å². The second-order valence-electron chi connectivity index (χ2n) is 5.41. The Kier molecular flexibility index (Phi) is 6.57. The zero-order chi connectivity index (χ0) is 14.3. The third kappa shape index (κ3) is 6.39. The number of hydrogen-bond acceptors (Lipinski definition) is 2. The molecule has 0 bridgehead atoms. The molecule has 0 aromatic heterocycles. The minimum Gasteiger partial charge on any atom is -0.350 e. The van der Waals surface area contributed by atoms with E-state index in [1.807, 2.05) is 6.92 Å². The standard InChI is InChI=1S/C16H26N2O/c1-12(2)17-11-5-6-16(19)18-14(4)15-9-7-13(3)8-10-15/h7-10,12,14,17H,5-6,11H2,1-4H3,(H,18,19)/t14-/m1/s1. The highest BCUT2D eigenvalue weighted by molar-refractivity contribution is 5.76. The minimum atomic E-state index is 0.0751. The second-order valence-corrected chi connectivity index (χ2v) is 5.41. The number of rotatable bonds is 7. The monoisotopic (exact) mass is 262 g/mol. The average Bonchev–Trinajstić information content (AvgIpc) is 2.35. The van der Waals surface area contributed by atoms with Gasteiger partial charge in [0.1, 0.15) is 0 Å². The van der Waals surface area contributed by atoms with Gasteiger partial charge >= 0.3 is 0 Å². The second kappa shape index (κ2) is 7.95. The maximum Gasteiger partial charge on any atom is 0.220 e. The fourth-order valence-electron chi connectivity index (χ4n) is 1.89. The van der Waals surface area contributed by atoms with E-state index in [-0.39, 0.29) is 11.9 Å². The zero-order valence-electron chi connectivity index (χ0n) is 12.5. The van der Waals surface area contributed by atoms with Crippen LogP contribution in [0.1, 0.15) is 50.8 Å². The lowest BCUT2D eigenvalue weighted by Gasteiger charge is -2.15. The normalized spacial score (nSPS) is 12.5. The Morgan fingerprint density at radius 3 is 2.37 bits per heavy atom. The summed E-state index contributed by atoms with van der Waals surface area (Å²) in [7, 11) is 0. The summed E-state index contributed by atoms with van der Waals surface area (Å²) in [6.07, 6.45) is 1.46. The summed E-state index contributed by atoms with van der Waals surface area (Å²) in [4.78, 5) is 11.8. The smallest absolute Gasteiger partial charge is 0.220 e. The number of carbonyl (C=O) groups is 1. The van der Waals surface area contributed by atoms with Crippen molar-refractivity contribution < 1.29 is 4.79 Å². The van der Waals surface area contributed by atoms with E-state index in [1.165, 1.54) is 5.56 Å². The Morgan fingerprint density at radius 1 is 1.16 bits per heavy atom. The van der Waals surface area contributed by atoms with Crippen molar-refractivity contribution in [2.45, 2.75) is 52.6 Å². The van der Waals surface area contributed by atoms with Gasteiger partial charge in [-0.3, -0.25) is 4.79 Å². The van der Waals surface area contributed by atoms with Crippen LogP contribution in [0, 0.1) is 6.92 Å². The highest BCUT2D eigenvalue weighted by atomic mass is 16.1. The molecule has 0 saturated carbocycles. The molecule has 106 valence electrons. The van der Waals surface area contributed by atoms with Crippen molar-refractivity contribution in [2.24, 2.45) is 0 Å². The first kappa shape index (κ1) is 15.7. The SMILES string of the molecule is Cc1ccc([C@@H](C)NC(=O)CCCNC(C)C)cc1. The molecule has 3 nitrogen and oxygen atoms in total. The predicted molar refractivity (Wildman–Crippen MR) is 80.1 cm³/mol. The molecule has 1 amide bonds. The van der Waals surface area contributed by atoms with Crippen LogP contribution in [0.5, 0.6) is 0 Å². The van der Waals surface area contributed by atoms with Gasteiger partial charge in [-0.15, -0.1) is 0 Å². The van der Waals surface area contributed by atoms with E-state index in [0.717, 1.165) is 18.5 Å². The van der Waals surface area contributed by atoms with Crippen LogP contribution in [-0.2, 0) is 4.79 Å². The molecule has 0 unspecified atom stereocenters. The first-order valence-electron chi connectivity index (χ1n) is 7.08. The van der Waals surface area contributed by atoms with Gasteiger partial charge in [-0.25, -0.2) is 0 Å². The number of aryl methyl sites for hydroxylation is 1. The molecule has 0 heterocycles. The van der Waals surface area contributed by atoms with Crippen LogP contribution in [0.3, 0.4) is 0 Å². The summed E-state index contributed by atoms with van der Waals surface area (Å²) in [5.41, 5.74) is 2.39. The molecule has 0 saturated heterocycles. The highest BCUT2D eigenvalue weighted by Gasteiger charge is 2.08. The maximum atomic E-state index is 11.8. The maximum absolute atomic E-state index is 11.8. The Bertz CT molecular complexity index is 384. The van der Waals surface area contributed by atoms with Crippen molar-refractivity contribution in [3.8, 4) is 0 Å². The van der Waals surface area contributed by atoms with Crippen LogP contribution in [0.15, 0.2) is 24.3 Å². The Hall–Kier alpha value is -1.35. The van der Waals surface area contributed by atoms with Gasteiger partial charge in [0.25, 0.3) is 0 Å². The van der Waals surface area contributed by atoms with Gasteiger partial charge in [-0.2, -0.15) is 0 Å². The van der Waals surface area contributed by atoms with E-state index in [2.05, 4.69) is 55.7 Å². The molecular weight excluding hydrogens is 236 g/mol. The Morgan fingerprint density at radius 2 is 1.79 bits per heavy atom. The number of amides is 1. The lowest BCUT2D eigenvalue weighted by Crippen LogP contribution is -2.28. The molecule has 1 aromatic rings. The molecule has 1 aromatic carbocycles. The van der Waals surface area contributed by atoms with E-state index in [0.29, 0.717) is 12.5 Å². The van der Waals surface area contributed by atoms with Gasteiger partial charge in [-0.1, -0.05) is 43.7 Å². The van der Waals surface area contributed by atoms with Crippen LogP contribution in [0.2, 0.25) is 0 Å². The Labute approximate surface area is 116 Å². The van der Waals surface area contributed by atoms with Gasteiger partial charge in [0.2, 0.25) is 5.91 Å². The van der Waals surface area contributed by atoms with Crippen molar-refractivity contribution in [3.05, 3.63) is 35.4 Å². The third-order valence-electron chi connectivity index (χ3n) is 3.09. The minimum absolute atomic E-state index is 0.0751. The number of carbonyl (C=O) groups excluding carboxylic acids is 1. The van der Waals surface area contributed by atoms with Crippen LogP contribution in [0.4, 0.5) is 0 Å². The summed E-state index contributed by atoms with van der Waals surface area (Å²) < 4.78 is 0. The van der Waals surface area contributed by atoms with Gasteiger partial charge < -0.3 is 10.6 Å². The van der Waals surface area contributed by atoms with Crippen molar-refractivity contribution >= 4 is 5.91 Å². The summed E-state index contributed by atoms with van der Waals surface area (Å²) in [6.45, 7) is 9.20. The molecule has 0 aliphatic heterocycles. The zero-order valence-corrected chi connectivity index (χ0v) is 12.5. The fourth-order valence-corrected chi connectivity index (χ4v) is 1.89. The Balaban J connectivity index is 2.29. The van der Waals surface area contributed by atoms with Gasteiger partial charge in [0, 0.05) is 12.5 Å². The van der Waals surface area contributed by atoms with Crippen molar-refractivity contribution in [1.29, 1.82) is 0 Å². The van der Waals surface area contributed by atoms with E-state index in [9.17, 15) is 4.79 Å². The predicted octanol–water partition coefficient (Wildman–Crippen LogP) is 2.95. The summed E-state index contributed by atoms with van der Waals surface area (Å²) in [5.74, 6) is 0.124. The molecule has 0 fully saturated rings. The van der Waals surface area contributed by atoms with E-state index >= 15 is 0 Å². The van der Waals surface area contributed by atoms with E-state index < -0.39 is 0 Å². The molecule has 0 radical (unpaired) electrons. The van der Waals surface area contributed by atoms with Crippen molar-refractivity contribution in [1.82, 2.24) is 10.6 Å². The van der Waals surface area contributed by atoms with Crippen LogP contribution in [-0.4, -0.2) is 18.5 Å². The van der Waals surface area contributed by atoms with Crippen LogP contribution >= 0.6 is 0 Å². The molecule has 1 rings (SSSR count). The largest absolute Gasteiger partial charge is 0.350 e. The van der Waals surface area contributed by atoms with E-state index in [1.54, 1.807) is 0 Å². The van der Waals surface area contributed by atoms with Crippen molar-refractivity contribution in [3.63, 3.8) is 0 Å². The summed E-state index contributed by atoms with van der Waals surface area (Å²) in [6, 6.07) is 8.84. The lowest BCUT2D eigenvalue weighted by atomic mass is 10.1. The van der Waals surface area contributed by atoms with Crippen molar-refractivity contribution in [2.75, 3.05) is 6.54 Å². The molecular formula is C16H26N2O. The molecule has 2 N–H and O–H groups in total. The van der Waals surface area contributed by atoms with Gasteiger partial charge in [-0.05, 0) is 32.4 Å². The average molecular weight is 262 g/mol. The molecule has 19 heavy (non-hydrogen) atoms. The molecule has 0 spiro atoms. The first-order chi connectivity index (χ1) is 8.99. The van der Waals surface area contributed by atoms with Gasteiger partial charge in [0.15, 0.2) is 0 Å². The van der Waals surface area contributed by atoms with Gasteiger partial charge in [0.05, 0.1) is 6.04 Å². The first-order valence-corrected chi connectivity index (χ1v) is 7.08.